The Morgan fingerprint density at radius 3 is 2.61 bits per heavy atom. The summed E-state index contributed by atoms with van der Waals surface area (Å²) < 4.78 is 13.1. The van der Waals surface area contributed by atoms with E-state index in [1.54, 1.807) is 25.3 Å². The first-order valence-electron chi connectivity index (χ1n) is 8.98. The van der Waals surface area contributed by atoms with Crippen LogP contribution in [0.3, 0.4) is 0 Å². The number of halogens is 1. The molecular formula is C21H22FN5O. The molecule has 3 N–H and O–H groups in total. The van der Waals surface area contributed by atoms with Crippen molar-refractivity contribution < 1.29 is 9.18 Å². The van der Waals surface area contributed by atoms with E-state index in [-0.39, 0.29) is 18.2 Å². The first-order valence-corrected chi connectivity index (χ1v) is 8.98. The lowest BCUT2D eigenvalue weighted by molar-refractivity contribution is 0.232. The third-order valence-electron chi connectivity index (χ3n) is 4.45. The highest BCUT2D eigenvalue weighted by atomic mass is 19.1. The molecule has 0 aliphatic carbocycles. The second-order valence-electron chi connectivity index (χ2n) is 6.44. The van der Waals surface area contributed by atoms with Crippen LogP contribution >= 0.6 is 0 Å². The molecule has 2 amide bonds. The summed E-state index contributed by atoms with van der Waals surface area (Å²) in [6.07, 6.45) is 4.39. The highest BCUT2D eigenvalue weighted by Gasteiger charge is 2.17. The molecule has 3 aromatic rings. The van der Waals surface area contributed by atoms with Gasteiger partial charge in [0.1, 0.15) is 11.7 Å². The molecule has 28 heavy (non-hydrogen) atoms. The summed E-state index contributed by atoms with van der Waals surface area (Å²) in [4.78, 5) is 14.0. The molecule has 3 rings (SSSR count). The van der Waals surface area contributed by atoms with Gasteiger partial charge >= 0.3 is 6.03 Å². The van der Waals surface area contributed by atoms with Crippen LogP contribution < -0.4 is 5.32 Å². The Hall–Kier alpha value is -3.48. The maximum atomic E-state index is 13.1. The quantitative estimate of drug-likeness (QED) is 0.439. The van der Waals surface area contributed by atoms with Crippen molar-refractivity contribution >= 4 is 17.6 Å². The minimum Gasteiger partial charge on any atom is -0.307 e. The smallest absolute Gasteiger partial charge is 0.307 e. The number of rotatable bonds is 5. The van der Waals surface area contributed by atoms with Crippen LogP contribution in [-0.2, 0) is 13.0 Å². The summed E-state index contributed by atoms with van der Waals surface area (Å²) >= 11 is 0. The molecule has 0 fully saturated rings. The molecule has 1 aromatic heterocycles. The van der Waals surface area contributed by atoms with Gasteiger partial charge in [0.25, 0.3) is 0 Å². The van der Waals surface area contributed by atoms with E-state index in [0.717, 1.165) is 28.7 Å². The monoisotopic (exact) mass is 379 g/mol. The Bertz CT molecular complexity index is 967. The van der Waals surface area contributed by atoms with Crippen LogP contribution in [0.15, 0.2) is 54.9 Å². The summed E-state index contributed by atoms with van der Waals surface area (Å²) in [5.74, 6) is -0.233. The van der Waals surface area contributed by atoms with Crippen LogP contribution in [0.1, 0.15) is 25.0 Å². The van der Waals surface area contributed by atoms with Crippen LogP contribution in [0.5, 0.6) is 0 Å². The number of amides is 2. The zero-order chi connectivity index (χ0) is 20.1. The van der Waals surface area contributed by atoms with Crippen LogP contribution in [0.2, 0.25) is 0 Å². The van der Waals surface area contributed by atoms with E-state index in [4.69, 9.17) is 5.41 Å². The molecule has 0 spiro atoms. The maximum Gasteiger partial charge on any atom is 0.327 e. The molecule has 0 atom stereocenters. The number of benzene rings is 2. The Kier molecular flexibility index (Phi) is 5.84. The molecule has 0 bridgehead atoms. The Labute approximate surface area is 162 Å². The number of aromatic amines is 1. The minimum absolute atomic E-state index is 0.104. The van der Waals surface area contributed by atoms with Gasteiger partial charge in [-0.05, 0) is 54.3 Å². The number of aryl methyl sites for hydroxylation is 1. The van der Waals surface area contributed by atoms with Crippen molar-refractivity contribution in [3.05, 3.63) is 71.8 Å². The molecule has 0 saturated carbocycles. The highest BCUT2D eigenvalue weighted by Crippen LogP contribution is 2.26. The predicted molar refractivity (Wildman–Crippen MR) is 108 cm³/mol. The van der Waals surface area contributed by atoms with Crippen LogP contribution in [0, 0.1) is 11.2 Å². The van der Waals surface area contributed by atoms with Crippen molar-refractivity contribution in [3.8, 4) is 11.1 Å². The van der Waals surface area contributed by atoms with E-state index in [2.05, 4.69) is 15.5 Å². The molecule has 1 heterocycles. The lowest BCUT2D eigenvalue weighted by Gasteiger charge is -2.22. The van der Waals surface area contributed by atoms with Crippen molar-refractivity contribution in [2.24, 2.45) is 0 Å². The number of hydrogen-bond donors (Lipinski definition) is 3. The average molecular weight is 379 g/mol. The highest BCUT2D eigenvalue weighted by molar-refractivity contribution is 6.01. The van der Waals surface area contributed by atoms with Crippen molar-refractivity contribution in [2.45, 2.75) is 26.8 Å². The van der Waals surface area contributed by atoms with Gasteiger partial charge in [0, 0.05) is 17.4 Å². The van der Waals surface area contributed by atoms with Gasteiger partial charge in [0.05, 0.1) is 12.7 Å². The predicted octanol–water partition coefficient (Wildman–Crippen LogP) is 4.81. The topological polar surface area (TPSA) is 84.9 Å². The number of nitrogens with one attached hydrogen (secondary N) is 3. The van der Waals surface area contributed by atoms with E-state index in [9.17, 15) is 9.18 Å². The molecular weight excluding hydrogens is 357 g/mol. The van der Waals surface area contributed by atoms with Crippen molar-refractivity contribution in [1.82, 2.24) is 15.1 Å². The van der Waals surface area contributed by atoms with E-state index in [1.165, 1.54) is 17.0 Å². The fourth-order valence-electron chi connectivity index (χ4n) is 2.95. The van der Waals surface area contributed by atoms with Gasteiger partial charge in [0.2, 0.25) is 0 Å². The van der Waals surface area contributed by atoms with E-state index < -0.39 is 6.03 Å². The zero-order valence-electron chi connectivity index (χ0n) is 15.8. The zero-order valence-corrected chi connectivity index (χ0v) is 15.8. The minimum atomic E-state index is -0.407. The Morgan fingerprint density at radius 1 is 1.25 bits per heavy atom. The van der Waals surface area contributed by atoms with Gasteiger partial charge in [-0.25, -0.2) is 9.18 Å². The van der Waals surface area contributed by atoms with E-state index in [1.807, 2.05) is 31.3 Å². The SMILES string of the molecule is CCc1cc(NC(=O)N(Cc2ccc(F)cc2)C(C)=N)ccc1-c1cn[nH]c1. The fourth-order valence-corrected chi connectivity index (χ4v) is 2.95. The van der Waals surface area contributed by atoms with Gasteiger partial charge < -0.3 is 5.32 Å². The third kappa shape index (κ3) is 4.43. The van der Waals surface area contributed by atoms with Gasteiger partial charge in [-0.15, -0.1) is 0 Å². The molecule has 2 aromatic carbocycles. The number of carbonyl (C=O) groups excluding carboxylic acids is 1. The first-order chi connectivity index (χ1) is 13.5. The lowest BCUT2D eigenvalue weighted by Crippen LogP contribution is -2.37. The number of hydrogen-bond acceptors (Lipinski definition) is 3. The molecule has 144 valence electrons. The Morgan fingerprint density at radius 2 is 2.00 bits per heavy atom. The number of amidine groups is 1. The maximum absolute atomic E-state index is 13.1. The number of anilines is 1. The van der Waals surface area contributed by atoms with Crippen molar-refractivity contribution in [2.75, 3.05) is 5.32 Å². The molecule has 6 nitrogen and oxygen atoms in total. The van der Waals surface area contributed by atoms with Gasteiger partial charge in [0.15, 0.2) is 0 Å². The summed E-state index contributed by atoms with van der Waals surface area (Å²) in [5, 5.41) is 17.6. The number of carbonyl (C=O) groups is 1. The van der Waals surface area contributed by atoms with Crippen molar-refractivity contribution in [3.63, 3.8) is 0 Å². The number of nitrogens with zero attached hydrogens (tertiary/aromatic N) is 2. The number of aromatic nitrogens is 2. The summed E-state index contributed by atoms with van der Waals surface area (Å²) in [7, 11) is 0. The molecule has 7 heteroatoms. The second-order valence-corrected chi connectivity index (χ2v) is 6.44. The largest absolute Gasteiger partial charge is 0.327 e. The molecule has 0 saturated heterocycles. The first kappa shape index (κ1) is 19.3. The molecule has 0 unspecified atom stereocenters. The number of H-pyrrole nitrogens is 1. The average Bonchev–Trinajstić information content (AvgIpc) is 3.21. The fraction of sp³-hybridized carbons (Fsp3) is 0.190. The second kappa shape index (κ2) is 8.47. The lowest BCUT2D eigenvalue weighted by atomic mass is 10.00. The molecule has 0 aliphatic rings. The summed E-state index contributed by atoms with van der Waals surface area (Å²) in [6.45, 7) is 3.78. The van der Waals surface area contributed by atoms with Crippen LogP contribution in [0.4, 0.5) is 14.9 Å². The van der Waals surface area contributed by atoms with Crippen molar-refractivity contribution in [1.29, 1.82) is 5.41 Å². The van der Waals surface area contributed by atoms with Crippen LogP contribution in [-0.4, -0.2) is 27.0 Å². The standard InChI is InChI=1S/C21H22FN5O/c1-3-16-10-19(8-9-20(16)17-11-24-25-12-17)26-21(28)27(14(2)23)13-15-4-6-18(22)7-5-15/h4-12,23H,3,13H2,1-2H3,(H,24,25)(H,26,28). The molecule has 0 radical (unpaired) electrons. The van der Waals surface area contributed by atoms with Crippen LogP contribution in [0.25, 0.3) is 11.1 Å². The third-order valence-corrected chi connectivity index (χ3v) is 4.45. The normalized spacial score (nSPS) is 10.5. The molecule has 0 aliphatic heterocycles. The van der Waals surface area contributed by atoms with E-state index >= 15 is 0 Å². The van der Waals surface area contributed by atoms with E-state index in [0.29, 0.717) is 5.69 Å². The summed E-state index contributed by atoms with van der Waals surface area (Å²) in [5.41, 5.74) is 4.52. The van der Waals surface area contributed by atoms with Gasteiger partial charge in [-0.1, -0.05) is 25.1 Å². The Balaban J connectivity index is 1.77. The van der Waals surface area contributed by atoms with Gasteiger partial charge in [-0.2, -0.15) is 5.10 Å². The number of urea groups is 1. The summed E-state index contributed by atoms with van der Waals surface area (Å²) in [6, 6.07) is 11.2. The van der Waals surface area contributed by atoms with Gasteiger partial charge in [-0.3, -0.25) is 15.4 Å².